The van der Waals surface area contributed by atoms with E-state index in [9.17, 15) is 8.42 Å². The quantitative estimate of drug-likeness (QED) is 0.909. The molecule has 3 atom stereocenters. The summed E-state index contributed by atoms with van der Waals surface area (Å²) in [7, 11) is -2.92. The van der Waals surface area contributed by atoms with Crippen LogP contribution in [0.4, 0.5) is 0 Å². The van der Waals surface area contributed by atoms with E-state index in [4.69, 9.17) is 0 Å². The van der Waals surface area contributed by atoms with Gasteiger partial charge in [0.1, 0.15) is 0 Å². The van der Waals surface area contributed by atoms with E-state index in [1.54, 1.807) is 12.5 Å². The average Bonchev–Trinajstić information content (AvgIpc) is 2.79. The highest BCUT2D eigenvalue weighted by atomic mass is 32.2. The van der Waals surface area contributed by atoms with Crippen LogP contribution in [-0.2, 0) is 16.3 Å². The Kier molecular flexibility index (Phi) is 4.10. The molecule has 1 aromatic rings. The van der Waals surface area contributed by atoms with Gasteiger partial charge in [0.25, 0.3) is 0 Å². The molecule has 3 rings (SSSR count). The zero-order chi connectivity index (χ0) is 15.0. The van der Waals surface area contributed by atoms with Crippen LogP contribution in [0.25, 0.3) is 0 Å². The van der Waals surface area contributed by atoms with Crippen molar-refractivity contribution >= 4 is 9.84 Å². The zero-order valence-electron chi connectivity index (χ0n) is 12.9. The lowest BCUT2D eigenvalue weighted by molar-refractivity contribution is 0.434. The zero-order valence-corrected chi connectivity index (χ0v) is 13.7. The largest absolute Gasteiger partial charge is 0.306 e. The molecule has 0 fully saturated rings. The fraction of sp³-hybridized carbons (Fsp3) is 0.647. The molecule has 1 aromatic carbocycles. The van der Waals surface area contributed by atoms with Crippen LogP contribution in [0, 0.1) is 0 Å². The first kappa shape index (κ1) is 15.0. The second kappa shape index (κ2) is 5.73. The Labute approximate surface area is 128 Å². The molecule has 4 heteroatoms. The molecule has 2 aliphatic rings. The third kappa shape index (κ3) is 3.02. The third-order valence-corrected chi connectivity index (χ3v) is 6.85. The highest BCUT2D eigenvalue weighted by molar-refractivity contribution is 7.91. The third-order valence-electron chi connectivity index (χ3n) is 4.96. The fourth-order valence-corrected chi connectivity index (χ4v) is 5.12. The predicted molar refractivity (Wildman–Crippen MR) is 86.4 cm³/mol. The van der Waals surface area contributed by atoms with Gasteiger partial charge in [-0.15, -0.1) is 0 Å². The van der Waals surface area contributed by atoms with Crippen molar-refractivity contribution in [3.05, 3.63) is 34.9 Å². The topological polar surface area (TPSA) is 46.2 Å². The summed E-state index contributed by atoms with van der Waals surface area (Å²) in [6.07, 6.45) is 4.90. The first-order chi connectivity index (χ1) is 10.00. The molecule has 2 aliphatic carbocycles. The number of hydrogen-bond donors (Lipinski definition) is 1. The Balaban J connectivity index is 1.76. The lowest BCUT2D eigenvalue weighted by Crippen LogP contribution is -2.35. The molecule has 3 nitrogen and oxygen atoms in total. The maximum Gasteiger partial charge on any atom is 0.151 e. The number of nitrogens with one attached hydrogen (secondary N) is 1. The molecule has 0 aliphatic heterocycles. The Morgan fingerprint density at radius 1 is 1.38 bits per heavy atom. The molecule has 0 spiro atoms. The molecule has 0 saturated heterocycles. The van der Waals surface area contributed by atoms with Gasteiger partial charge in [-0.3, -0.25) is 0 Å². The molecular formula is C17H25NO2S. The average molecular weight is 307 g/mol. The maximum absolute atomic E-state index is 11.8. The minimum Gasteiger partial charge on any atom is -0.306 e. The Bertz CT molecular complexity index is 624. The van der Waals surface area contributed by atoms with Crippen molar-refractivity contribution in [1.82, 2.24) is 5.32 Å². The van der Waals surface area contributed by atoms with E-state index >= 15 is 0 Å². The van der Waals surface area contributed by atoms with Gasteiger partial charge in [0.05, 0.1) is 5.75 Å². The molecule has 0 heterocycles. The summed E-state index contributed by atoms with van der Waals surface area (Å²) >= 11 is 0. The van der Waals surface area contributed by atoms with Crippen molar-refractivity contribution in [2.45, 2.75) is 57.5 Å². The summed E-state index contributed by atoms with van der Waals surface area (Å²) in [5, 5.41) is 3.57. The standard InChI is InChI=1S/C17H25NO2S/c1-3-21(19,20)11-12(2)18-16-10-14-8-4-6-13-7-5-9-15(16)17(13)14/h5,7,9,12,14,16,18H,3-4,6,8,10-11H2,1-2H3/t12-,14-,16-/m0/s1. The highest BCUT2D eigenvalue weighted by Gasteiger charge is 2.35. The number of sulfone groups is 1. The molecule has 0 saturated carbocycles. The summed E-state index contributed by atoms with van der Waals surface area (Å²) in [6.45, 7) is 3.71. The molecule has 0 amide bonds. The summed E-state index contributed by atoms with van der Waals surface area (Å²) in [6, 6.07) is 6.98. The van der Waals surface area contributed by atoms with Crippen LogP contribution < -0.4 is 5.32 Å². The molecule has 0 unspecified atom stereocenters. The van der Waals surface area contributed by atoms with E-state index in [0.29, 0.717) is 12.0 Å². The number of rotatable bonds is 5. The fourth-order valence-electron chi connectivity index (χ4n) is 4.03. The normalized spacial score (nSPS) is 25.6. The van der Waals surface area contributed by atoms with Crippen LogP contribution in [0.15, 0.2) is 18.2 Å². The molecule has 0 radical (unpaired) electrons. The van der Waals surface area contributed by atoms with Crippen LogP contribution in [0.3, 0.4) is 0 Å². The van der Waals surface area contributed by atoms with Gasteiger partial charge in [-0.05, 0) is 55.2 Å². The SMILES string of the molecule is CCS(=O)(=O)C[C@H](C)N[C@H]1C[C@@H]2CCCc3cccc1c32. The molecular weight excluding hydrogens is 282 g/mol. The molecule has 0 bridgehead atoms. The van der Waals surface area contributed by atoms with Crippen LogP contribution in [-0.4, -0.2) is 26.0 Å². The first-order valence-corrected chi connectivity index (χ1v) is 9.90. The smallest absolute Gasteiger partial charge is 0.151 e. The summed E-state index contributed by atoms with van der Waals surface area (Å²) in [4.78, 5) is 0. The van der Waals surface area contributed by atoms with Gasteiger partial charge in [0.2, 0.25) is 0 Å². The van der Waals surface area contributed by atoms with E-state index in [0.717, 1.165) is 6.42 Å². The first-order valence-electron chi connectivity index (χ1n) is 8.08. The minimum absolute atomic E-state index is 0.0101. The van der Waals surface area contributed by atoms with Gasteiger partial charge in [-0.25, -0.2) is 8.42 Å². The maximum atomic E-state index is 11.8. The van der Waals surface area contributed by atoms with Crippen LogP contribution >= 0.6 is 0 Å². The van der Waals surface area contributed by atoms with E-state index < -0.39 is 9.84 Å². The van der Waals surface area contributed by atoms with E-state index in [2.05, 4.69) is 23.5 Å². The highest BCUT2D eigenvalue weighted by Crippen LogP contribution is 2.47. The lowest BCUT2D eigenvalue weighted by atomic mass is 9.84. The van der Waals surface area contributed by atoms with Crippen LogP contribution in [0.2, 0.25) is 0 Å². The van der Waals surface area contributed by atoms with Crippen LogP contribution in [0.1, 0.15) is 61.8 Å². The minimum atomic E-state index is -2.92. The number of benzene rings is 1. The Morgan fingerprint density at radius 3 is 2.95 bits per heavy atom. The van der Waals surface area contributed by atoms with Crippen molar-refractivity contribution in [1.29, 1.82) is 0 Å². The number of aryl methyl sites for hydroxylation is 1. The summed E-state index contributed by atoms with van der Waals surface area (Å²) < 4.78 is 23.5. The Morgan fingerprint density at radius 2 is 2.19 bits per heavy atom. The van der Waals surface area contributed by atoms with E-state index in [1.807, 2.05) is 6.92 Å². The molecule has 21 heavy (non-hydrogen) atoms. The van der Waals surface area contributed by atoms with Crippen molar-refractivity contribution in [3.8, 4) is 0 Å². The van der Waals surface area contributed by atoms with Gasteiger partial charge >= 0.3 is 0 Å². The van der Waals surface area contributed by atoms with E-state index in [-0.39, 0.29) is 17.5 Å². The molecule has 0 aromatic heterocycles. The predicted octanol–water partition coefficient (Wildman–Crippen LogP) is 2.96. The van der Waals surface area contributed by atoms with Crippen molar-refractivity contribution < 1.29 is 8.42 Å². The van der Waals surface area contributed by atoms with Crippen molar-refractivity contribution in [2.24, 2.45) is 0 Å². The molecule has 116 valence electrons. The number of hydrogen-bond acceptors (Lipinski definition) is 3. The van der Waals surface area contributed by atoms with Crippen molar-refractivity contribution in [2.75, 3.05) is 11.5 Å². The van der Waals surface area contributed by atoms with Gasteiger partial charge in [0, 0.05) is 17.8 Å². The Hall–Kier alpha value is -0.870. The second-order valence-corrected chi connectivity index (χ2v) is 8.96. The molecule has 1 N–H and O–H groups in total. The summed E-state index contributed by atoms with van der Waals surface area (Å²) in [5.74, 6) is 1.14. The van der Waals surface area contributed by atoms with Gasteiger partial charge < -0.3 is 5.32 Å². The monoisotopic (exact) mass is 307 g/mol. The van der Waals surface area contributed by atoms with Crippen molar-refractivity contribution in [3.63, 3.8) is 0 Å². The lowest BCUT2D eigenvalue weighted by Gasteiger charge is -2.20. The van der Waals surface area contributed by atoms with E-state index in [1.165, 1.54) is 30.4 Å². The van der Waals surface area contributed by atoms with Gasteiger partial charge in [0.15, 0.2) is 9.84 Å². The van der Waals surface area contributed by atoms with Gasteiger partial charge in [-0.2, -0.15) is 0 Å². The van der Waals surface area contributed by atoms with Crippen LogP contribution in [0.5, 0.6) is 0 Å². The van der Waals surface area contributed by atoms with Gasteiger partial charge in [-0.1, -0.05) is 25.1 Å². The second-order valence-electron chi connectivity index (χ2n) is 6.56. The summed E-state index contributed by atoms with van der Waals surface area (Å²) in [5.41, 5.74) is 4.49.